The average Bonchev–Trinajstić information content (AvgIpc) is 3.15. The number of amidine groups is 2. The van der Waals surface area contributed by atoms with E-state index in [1.54, 1.807) is 24.3 Å². The fourth-order valence-electron chi connectivity index (χ4n) is 3.68. The predicted octanol–water partition coefficient (Wildman–Crippen LogP) is 5.04. The molecule has 2 aliphatic rings. The van der Waals surface area contributed by atoms with Crippen molar-refractivity contribution < 1.29 is 9.59 Å². The molecule has 6 nitrogen and oxygen atoms in total. The first kappa shape index (κ1) is 20.5. The van der Waals surface area contributed by atoms with Crippen molar-refractivity contribution in [3.8, 4) is 0 Å². The van der Waals surface area contributed by atoms with Gasteiger partial charge in [0.15, 0.2) is 5.17 Å². The molecule has 0 saturated heterocycles. The standard InChI is InChI=1S/C24H17ClN4O2S/c25-16-9-6-10-17(13-16)26-20(30)14-32-24-27-19-12-5-4-11-18(19)22-28-23(31)21(29(22)24)15-7-2-1-3-8-15/h1-13,21H,14H2,(H,26,30). The molecule has 2 aliphatic heterocycles. The maximum atomic E-state index is 12.9. The maximum absolute atomic E-state index is 12.9. The number of benzene rings is 3. The summed E-state index contributed by atoms with van der Waals surface area (Å²) in [5.74, 6) is 0.235. The number of anilines is 1. The topological polar surface area (TPSA) is 74.1 Å². The van der Waals surface area contributed by atoms with Gasteiger partial charge in [0.2, 0.25) is 5.91 Å². The minimum atomic E-state index is -0.609. The molecule has 0 spiro atoms. The van der Waals surface area contributed by atoms with Crippen molar-refractivity contribution in [1.82, 2.24) is 4.90 Å². The third-order valence-electron chi connectivity index (χ3n) is 5.06. The smallest absolute Gasteiger partial charge is 0.275 e. The molecule has 0 aliphatic carbocycles. The molecule has 0 fully saturated rings. The fourth-order valence-corrected chi connectivity index (χ4v) is 4.70. The second-order valence-corrected chi connectivity index (χ2v) is 8.59. The van der Waals surface area contributed by atoms with Crippen LogP contribution in [0.15, 0.2) is 88.8 Å². The quantitative estimate of drug-likeness (QED) is 0.591. The summed E-state index contributed by atoms with van der Waals surface area (Å²) in [4.78, 5) is 36.4. The summed E-state index contributed by atoms with van der Waals surface area (Å²) < 4.78 is 0. The summed E-state index contributed by atoms with van der Waals surface area (Å²) in [6, 6.07) is 23.4. The van der Waals surface area contributed by atoms with Crippen molar-refractivity contribution >= 4 is 57.6 Å². The van der Waals surface area contributed by atoms with E-state index in [1.165, 1.54) is 11.8 Å². The van der Waals surface area contributed by atoms with Crippen molar-refractivity contribution in [3.63, 3.8) is 0 Å². The van der Waals surface area contributed by atoms with Crippen LogP contribution in [-0.2, 0) is 9.59 Å². The number of hydrogen-bond acceptors (Lipinski definition) is 5. The molecule has 1 atom stereocenters. The SMILES string of the molecule is O=C(CSC1=Nc2ccccc2C2=NC(=O)C(c3ccccc3)N12)Nc1cccc(Cl)c1. The van der Waals surface area contributed by atoms with E-state index in [0.29, 0.717) is 21.7 Å². The zero-order valence-electron chi connectivity index (χ0n) is 16.7. The summed E-state index contributed by atoms with van der Waals surface area (Å²) in [5.41, 5.74) is 2.97. The van der Waals surface area contributed by atoms with Crippen LogP contribution in [0.25, 0.3) is 0 Å². The number of fused-ring (bicyclic) bond motifs is 3. The van der Waals surface area contributed by atoms with Crippen LogP contribution >= 0.6 is 23.4 Å². The number of carbonyl (C=O) groups is 2. The first-order valence-electron chi connectivity index (χ1n) is 9.93. The molecule has 8 heteroatoms. The van der Waals surface area contributed by atoms with Crippen LogP contribution in [0.2, 0.25) is 5.02 Å². The van der Waals surface area contributed by atoms with Gasteiger partial charge in [-0.15, -0.1) is 0 Å². The number of nitrogens with zero attached hydrogens (tertiary/aromatic N) is 3. The highest BCUT2D eigenvalue weighted by molar-refractivity contribution is 8.14. The molecule has 1 unspecified atom stereocenters. The van der Waals surface area contributed by atoms with Gasteiger partial charge in [0, 0.05) is 16.3 Å². The number of carbonyl (C=O) groups excluding carboxylic acids is 2. The van der Waals surface area contributed by atoms with Crippen LogP contribution in [0.3, 0.4) is 0 Å². The third kappa shape index (κ3) is 3.92. The highest BCUT2D eigenvalue weighted by Crippen LogP contribution is 2.39. The van der Waals surface area contributed by atoms with Gasteiger partial charge in [-0.25, -0.2) is 4.99 Å². The van der Waals surface area contributed by atoms with Gasteiger partial charge in [0.05, 0.1) is 11.4 Å². The Bertz CT molecular complexity index is 1280. The predicted molar refractivity (Wildman–Crippen MR) is 129 cm³/mol. The summed E-state index contributed by atoms with van der Waals surface area (Å²) in [7, 11) is 0. The second kappa shape index (κ2) is 8.61. The normalized spacial score (nSPS) is 16.7. The monoisotopic (exact) mass is 460 g/mol. The van der Waals surface area contributed by atoms with Gasteiger partial charge in [-0.2, -0.15) is 4.99 Å². The molecule has 32 heavy (non-hydrogen) atoms. The molecule has 1 N–H and O–H groups in total. The van der Waals surface area contributed by atoms with Gasteiger partial charge in [0.1, 0.15) is 11.9 Å². The molecule has 2 heterocycles. The summed E-state index contributed by atoms with van der Waals surface area (Å²) in [6.07, 6.45) is 0. The lowest BCUT2D eigenvalue weighted by Gasteiger charge is -2.31. The third-order valence-corrected chi connectivity index (χ3v) is 6.25. The highest BCUT2D eigenvalue weighted by atomic mass is 35.5. The van der Waals surface area contributed by atoms with Crippen LogP contribution in [-0.4, -0.2) is 33.5 Å². The van der Waals surface area contributed by atoms with Crippen molar-refractivity contribution in [3.05, 3.63) is 95.0 Å². The minimum Gasteiger partial charge on any atom is -0.325 e. The molecular formula is C24H17ClN4O2S. The second-order valence-electron chi connectivity index (χ2n) is 7.22. The number of thioether (sulfide) groups is 1. The Hall–Kier alpha value is -3.42. The Kier molecular flexibility index (Phi) is 5.51. The van der Waals surface area contributed by atoms with Gasteiger partial charge in [0.25, 0.3) is 5.91 Å². The number of aliphatic imine (C=N–C) groups is 2. The minimum absolute atomic E-state index is 0.118. The number of amides is 2. The molecule has 3 aromatic carbocycles. The number of halogens is 1. The fraction of sp³-hybridized carbons (Fsp3) is 0.0833. The van der Waals surface area contributed by atoms with E-state index < -0.39 is 6.04 Å². The van der Waals surface area contributed by atoms with E-state index in [0.717, 1.165) is 16.8 Å². The lowest BCUT2D eigenvalue weighted by Crippen LogP contribution is -2.39. The number of rotatable bonds is 4. The summed E-state index contributed by atoms with van der Waals surface area (Å²) in [6.45, 7) is 0. The van der Waals surface area contributed by atoms with Crippen molar-refractivity contribution in [2.75, 3.05) is 11.1 Å². The average molecular weight is 461 g/mol. The zero-order valence-corrected chi connectivity index (χ0v) is 18.3. The van der Waals surface area contributed by atoms with Crippen molar-refractivity contribution in [2.24, 2.45) is 9.98 Å². The van der Waals surface area contributed by atoms with Crippen LogP contribution in [0.1, 0.15) is 17.2 Å². The largest absolute Gasteiger partial charge is 0.325 e. The molecule has 0 radical (unpaired) electrons. The van der Waals surface area contributed by atoms with Gasteiger partial charge >= 0.3 is 0 Å². The Balaban J connectivity index is 1.43. The lowest BCUT2D eigenvalue weighted by molar-refractivity contribution is -0.119. The van der Waals surface area contributed by atoms with E-state index in [4.69, 9.17) is 16.6 Å². The number of nitrogens with one attached hydrogen (secondary N) is 1. The zero-order chi connectivity index (χ0) is 22.1. The van der Waals surface area contributed by atoms with Crippen LogP contribution in [0, 0.1) is 0 Å². The van der Waals surface area contributed by atoms with Gasteiger partial charge in [-0.3, -0.25) is 14.5 Å². The van der Waals surface area contributed by atoms with Crippen LogP contribution < -0.4 is 5.32 Å². The Morgan fingerprint density at radius 1 is 1.00 bits per heavy atom. The highest BCUT2D eigenvalue weighted by Gasteiger charge is 2.42. The molecule has 0 aromatic heterocycles. The molecule has 0 bridgehead atoms. The first-order valence-corrected chi connectivity index (χ1v) is 11.3. The van der Waals surface area contributed by atoms with Crippen molar-refractivity contribution in [2.45, 2.75) is 6.04 Å². The van der Waals surface area contributed by atoms with E-state index in [9.17, 15) is 9.59 Å². The molecule has 5 rings (SSSR count). The molecular weight excluding hydrogens is 444 g/mol. The van der Waals surface area contributed by atoms with E-state index in [2.05, 4.69) is 10.3 Å². The maximum Gasteiger partial charge on any atom is 0.275 e. The summed E-state index contributed by atoms with van der Waals surface area (Å²) in [5, 5.41) is 3.94. The van der Waals surface area contributed by atoms with Crippen LogP contribution in [0.4, 0.5) is 11.4 Å². The van der Waals surface area contributed by atoms with Gasteiger partial charge < -0.3 is 5.32 Å². The Labute approximate surface area is 194 Å². The molecule has 0 saturated carbocycles. The first-order chi connectivity index (χ1) is 15.6. The number of hydrogen-bond donors (Lipinski definition) is 1. The Morgan fingerprint density at radius 3 is 2.59 bits per heavy atom. The van der Waals surface area contributed by atoms with Gasteiger partial charge in [-0.05, 0) is 35.9 Å². The lowest BCUT2D eigenvalue weighted by atomic mass is 10.0. The molecule has 3 aromatic rings. The Morgan fingerprint density at radius 2 is 1.78 bits per heavy atom. The van der Waals surface area contributed by atoms with Gasteiger partial charge in [-0.1, -0.05) is 71.9 Å². The summed E-state index contributed by atoms with van der Waals surface area (Å²) >= 11 is 7.26. The molecule has 158 valence electrons. The van der Waals surface area contributed by atoms with Crippen molar-refractivity contribution in [1.29, 1.82) is 0 Å². The van der Waals surface area contributed by atoms with E-state index in [1.807, 2.05) is 59.5 Å². The van der Waals surface area contributed by atoms with Crippen LogP contribution in [0.5, 0.6) is 0 Å². The van der Waals surface area contributed by atoms with E-state index >= 15 is 0 Å². The molecule has 2 amide bonds. The van der Waals surface area contributed by atoms with E-state index in [-0.39, 0.29) is 17.6 Å². The number of para-hydroxylation sites is 1.